The van der Waals surface area contributed by atoms with E-state index in [1.165, 1.54) is 19.3 Å². The van der Waals surface area contributed by atoms with Crippen LogP contribution in [0.2, 0.25) is 0 Å². The molecule has 1 heterocycles. The maximum absolute atomic E-state index is 12.0. The Kier molecular flexibility index (Phi) is 4.80. The van der Waals surface area contributed by atoms with Crippen molar-refractivity contribution >= 4 is 11.9 Å². The molecule has 2 N–H and O–H groups in total. The number of nitrogens with one attached hydrogen (secondary N) is 1. The van der Waals surface area contributed by atoms with Crippen molar-refractivity contribution in [2.24, 2.45) is 11.8 Å². The second kappa shape index (κ2) is 6.37. The number of rotatable bonds is 4. The Labute approximate surface area is 114 Å². The van der Waals surface area contributed by atoms with Gasteiger partial charge < -0.3 is 10.4 Å². The van der Waals surface area contributed by atoms with Crippen molar-refractivity contribution in [3.05, 3.63) is 0 Å². The van der Waals surface area contributed by atoms with Crippen LogP contribution >= 0.6 is 0 Å². The summed E-state index contributed by atoms with van der Waals surface area (Å²) in [6, 6.07) is 0.305. The highest BCUT2D eigenvalue weighted by atomic mass is 16.4. The standard InChI is InChI=1S/C14H24N2O3/c1-10-4-2-3-5-12(10)15-13(17)9-16-7-6-11(8-16)14(18)19/h10-12H,2-9H2,1H3,(H,15,17)(H,18,19)/t10-,11+,12+/m1/s1. The number of hydrogen-bond acceptors (Lipinski definition) is 3. The van der Waals surface area contributed by atoms with Gasteiger partial charge in [-0.1, -0.05) is 19.8 Å². The summed E-state index contributed by atoms with van der Waals surface area (Å²) in [6.45, 7) is 3.75. The molecule has 0 bridgehead atoms. The molecule has 1 aliphatic carbocycles. The van der Waals surface area contributed by atoms with Crippen LogP contribution in [-0.4, -0.2) is 47.6 Å². The van der Waals surface area contributed by atoms with Crippen LogP contribution in [0.25, 0.3) is 0 Å². The van der Waals surface area contributed by atoms with Crippen LogP contribution in [0.15, 0.2) is 0 Å². The molecule has 0 aromatic rings. The molecule has 0 spiro atoms. The molecule has 2 fully saturated rings. The zero-order valence-electron chi connectivity index (χ0n) is 11.6. The molecule has 19 heavy (non-hydrogen) atoms. The van der Waals surface area contributed by atoms with E-state index >= 15 is 0 Å². The SMILES string of the molecule is C[C@@H]1CCCC[C@@H]1NC(=O)CN1CC[C@H](C(=O)O)C1. The topological polar surface area (TPSA) is 69.6 Å². The van der Waals surface area contributed by atoms with Crippen LogP contribution in [-0.2, 0) is 9.59 Å². The van der Waals surface area contributed by atoms with Crippen molar-refractivity contribution in [1.82, 2.24) is 10.2 Å². The Balaban J connectivity index is 1.74. The maximum atomic E-state index is 12.0. The molecule has 1 aliphatic heterocycles. The van der Waals surface area contributed by atoms with Crippen LogP contribution in [0.4, 0.5) is 0 Å². The molecule has 1 amide bonds. The molecule has 108 valence electrons. The Morgan fingerprint density at radius 3 is 2.63 bits per heavy atom. The second-order valence-electron chi connectivity index (χ2n) is 5.99. The number of carboxylic acid groups (broad SMARTS) is 1. The van der Waals surface area contributed by atoms with E-state index in [2.05, 4.69) is 12.2 Å². The quantitative estimate of drug-likeness (QED) is 0.800. The number of hydrogen-bond donors (Lipinski definition) is 2. The molecule has 5 heteroatoms. The lowest BCUT2D eigenvalue weighted by Gasteiger charge is -2.30. The average molecular weight is 268 g/mol. The summed E-state index contributed by atoms with van der Waals surface area (Å²) < 4.78 is 0. The minimum atomic E-state index is -0.746. The molecule has 0 aromatic heterocycles. The summed E-state index contributed by atoms with van der Waals surface area (Å²) in [6.07, 6.45) is 5.38. The zero-order chi connectivity index (χ0) is 13.8. The first-order valence-electron chi connectivity index (χ1n) is 7.31. The maximum Gasteiger partial charge on any atom is 0.307 e. The summed E-state index contributed by atoms with van der Waals surface area (Å²) in [5, 5.41) is 12.0. The summed E-state index contributed by atoms with van der Waals surface area (Å²) in [5.74, 6) is -0.446. The van der Waals surface area contributed by atoms with E-state index in [0.29, 0.717) is 38.0 Å². The van der Waals surface area contributed by atoms with E-state index < -0.39 is 5.97 Å². The van der Waals surface area contributed by atoms with Crippen LogP contribution in [0.1, 0.15) is 39.0 Å². The molecule has 1 saturated carbocycles. The van der Waals surface area contributed by atoms with E-state index in [4.69, 9.17) is 5.11 Å². The minimum absolute atomic E-state index is 0.0461. The second-order valence-corrected chi connectivity index (χ2v) is 5.99. The minimum Gasteiger partial charge on any atom is -0.481 e. The third kappa shape index (κ3) is 3.93. The van der Waals surface area contributed by atoms with Crippen molar-refractivity contribution in [1.29, 1.82) is 0 Å². The van der Waals surface area contributed by atoms with E-state index in [0.717, 1.165) is 6.42 Å². The van der Waals surface area contributed by atoms with Gasteiger partial charge in [0.05, 0.1) is 12.5 Å². The molecule has 0 unspecified atom stereocenters. The summed E-state index contributed by atoms with van der Waals surface area (Å²) in [7, 11) is 0. The van der Waals surface area contributed by atoms with Gasteiger partial charge in [-0.15, -0.1) is 0 Å². The lowest BCUT2D eigenvalue weighted by Crippen LogP contribution is -2.45. The van der Waals surface area contributed by atoms with E-state index in [-0.39, 0.29) is 11.8 Å². The van der Waals surface area contributed by atoms with Gasteiger partial charge in [-0.2, -0.15) is 0 Å². The number of aliphatic carboxylic acids is 1. The first-order valence-corrected chi connectivity index (χ1v) is 7.31. The van der Waals surface area contributed by atoms with Gasteiger partial charge in [0, 0.05) is 12.6 Å². The van der Waals surface area contributed by atoms with Crippen LogP contribution in [0, 0.1) is 11.8 Å². The van der Waals surface area contributed by atoms with Crippen LogP contribution in [0.3, 0.4) is 0 Å². The van der Waals surface area contributed by atoms with E-state index in [1.807, 2.05) is 4.90 Å². The fraction of sp³-hybridized carbons (Fsp3) is 0.857. The van der Waals surface area contributed by atoms with Gasteiger partial charge >= 0.3 is 5.97 Å². The molecule has 3 atom stereocenters. The number of amides is 1. The van der Waals surface area contributed by atoms with Gasteiger partial charge in [0.1, 0.15) is 0 Å². The summed E-state index contributed by atoms with van der Waals surface area (Å²) in [4.78, 5) is 24.8. The average Bonchev–Trinajstić information content (AvgIpc) is 2.80. The third-order valence-corrected chi connectivity index (χ3v) is 4.45. The Bertz CT molecular complexity index is 346. The van der Waals surface area contributed by atoms with E-state index in [1.54, 1.807) is 0 Å². The van der Waals surface area contributed by atoms with Crippen molar-refractivity contribution in [3.63, 3.8) is 0 Å². The molecule has 0 radical (unpaired) electrons. The number of nitrogens with zero attached hydrogens (tertiary/aromatic N) is 1. The first-order chi connectivity index (χ1) is 9.06. The largest absolute Gasteiger partial charge is 0.481 e. The highest BCUT2D eigenvalue weighted by Gasteiger charge is 2.30. The van der Waals surface area contributed by atoms with Gasteiger partial charge in [0.25, 0.3) is 0 Å². The summed E-state index contributed by atoms with van der Waals surface area (Å²) in [5.41, 5.74) is 0. The van der Waals surface area contributed by atoms with Crippen molar-refractivity contribution in [2.45, 2.75) is 45.1 Å². The molecule has 5 nitrogen and oxygen atoms in total. The Morgan fingerprint density at radius 2 is 2.00 bits per heavy atom. The van der Waals surface area contributed by atoms with Crippen molar-refractivity contribution in [2.75, 3.05) is 19.6 Å². The van der Waals surface area contributed by atoms with Gasteiger partial charge in [0.2, 0.25) is 5.91 Å². The fourth-order valence-corrected chi connectivity index (χ4v) is 3.16. The zero-order valence-corrected chi connectivity index (χ0v) is 11.6. The Hall–Kier alpha value is -1.10. The first kappa shape index (κ1) is 14.3. The molecule has 0 aromatic carbocycles. The van der Waals surface area contributed by atoms with Gasteiger partial charge in [-0.05, 0) is 31.7 Å². The monoisotopic (exact) mass is 268 g/mol. The molecule has 2 rings (SSSR count). The highest BCUT2D eigenvalue weighted by molar-refractivity contribution is 5.78. The molecule has 2 aliphatic rings. The van der Waals surface area contributed by atoms with E-state index in [9.17, 15) is 9.59 Å². The van der Waals surface area contributed by atoms with Gasteiger partial charge in [-0.3, -0.25) is 14.5 Å². The predicted octanol–water partition coefficient (Wildman–Crippen LogP) is 1.09. The summed E-state index contributed by atoms with van der Waals surface area (Å²) >= 11 is 0. The molecular formula is C14H24N2O3. The lowest BCUT2D eigenvalue weighted by molar-refractivity contribution is -0.141. The van der Waals surface area contributed by atoms with Gasteiger partial charge in [0.15, 0.2) is 0 Å². The number of likely N-dealkylation sites (tertiary alicyclic amines) is 1. The smallest absolute Gasteiger partial charge is 0.307 e. The van der Waals surface area contributed by atoms with Crippen molar-refractivity contribution in [3.8, 4) is 0 Å². The third-order valence-electron chi connectivity index (χ3n) is 4.45. The van der Waals surface area contributed by atoms with Crippen molar-refractivity contribution < 1.29 is 14.7 Å². The lowest BCUT2D eigenvalue weighted by atomic mass is 9.86. The Morgan fingerprint density at radius 1 is 1.26 bits per heavy atom. The number of carbonyl (C=O) groups is 2. The number of carbonyl (C=O) groups excluding carboxylic acids is 1. The van der Waals surface area contributed by atoms with Crippen LogP contribution in [0.5, 0.6) is 0 Å². The molecule has 1 saturated heterocycles. The number of carboxylic acids is 1. The molecular weight excluding hydrogens is 244 g/mol. The highest BCUT2D eigenvalue weighted by Crippen LogP contribution is 2.23. The predicted molar refractivity (Wildman–Crippen MR) is 71.7 cm³/mol. The normalized spacial score (nSPS) is 32.2. The van der Waals surface area contributed by atoms with Crippen LogP contribution < -0.4 is 5.32 Å². The van der Waals surface area contributed by atoms with Gasteiger partial charge in [-0.25, -0.2) is 0 Å². The fourth-order valence-electron chi connectivity index (χ4n) is 3.16.